The molecule has 3 rings (SSSR count). The Hall–Kier alpha value is -1.90. The van der Waals surface area contributed by atoms with E-state index in [1.165, 1.54) is 28.2 Å². The van der Waals surface area contributed by atoms with E-state index in [1.807, 2.05) is 6.92 Å². The molecular formula is C19H21FN2O3S2. The van der Waals surface area contributed by atoms with E-state index in [1.54, 1.807) is 47.4 Å². The monoisotopic (exact) mass is 408 g/mol. The molecule has 8 heteroatoms. The van der Waals surface area contributed by atoms with Crippen molar-refractivity contribution in [2.24, 2.45) is 0 Å². The number of sulfonamides is 1. The normalized spacial score (nSPS) is 16.9. The van der Waals surface area contributed by atoms with Gasteiger partial charge < -0.3 is 4.90 Å². The number of amides is 1. The number of carbonyl (C=O) groups is 1. The van der Waals surface area contributed by atoms with E-state index < -0.39 is 10.0 Å². The van der Waals surface area contributed by atoms with Gasteiger partial charge in [-0.15, -0.1) is 11.8 Å². The molecule has 2 aromatic rings. The van der Waals surface area contributed by atoms with Crippen LogP contribution in [0.5, 0.6) is 0 Å². The third-order valence-corrected chi connectivity index (χ3v) is 7.42. The molecule has 0 radical (unpaired) electrons. The number of carbonyl (C=O) groups excluding carboxylic acids is 1. The van der Waals surface area contributed by atoms with Crippen molar-refractivity contribution < 1.29 is 17.6 Å². The van der Waals surface area contributed by atoms with Crippen molar-refractivity contribution >= 4 is 27.7 Å². The Morgan fingerprint density at radius 1 is 1.00 bits per heavy atom. The number of benzene rings is 2. The van der Waals surface area contributed by atoms with Gasteiger partial charge >= 0.3 is 0 Å². The van der Waals surface area contributed by atoms with Crippen molar-refractivity contribution in [2.45, 2.75) is 22.0 Å². The lowest BCUT2D eigenvalue weighted by Gasteiger charge is -2.35. The first-order chi connectivity index (χ1) is 12.9. The van der Waals surface area contributed by atoms with Crippen LogP contribution in [-0.4, -0.2) is 55.0 Å². The van der Waals surface area contributed by atoms with Gasteiger partial charge in [-0.1, -0.05) is 18.2 Å². The highest BCUT2D eigenvalue weighted by molar-refractivity contribution is 8.00. The molecule has 5 nitrogen and oxygen atoms in total. The van der Waals surface area contributed by atoms with Crippen molar-refractivity contribution in [3.63, 3.8) is 0 Å². The molecule has 0 N–H and O–H groups in total. The Labute approximate surface area is 163 Å². The molecule has 1 fully saturated rings. The number of halogens is 1. The lowest BCUT2D eigenvalue weighted by atomic mass is 10.3. The van der Waals surface area contributed by atoms with Crippen LogP contribution in [-0.2, 0) is 14.8 Å². The summed E-state index contributed by atoms with van der Waals surface area (Å²) in [6.07, 6.45) is 0. The van der Waals surface area contributed by atoms with E-state index >= 15 is 0 Å². The number of thioether (sulfide) groups is 1. The van der Waals surface area contributed by atoms with Crippen LogP contribution in [0.15, 0.2) is 64.4 Å². The standard InChI is InChI=1S/C19H21FN2O3S2/c1-15(26-17-9-7-16(20)8-10-17)19(23)21-11-13-22(14-12-21)27(24,25)18-5-3-2-4-6-18/h2-10,15H,11-14H2,1H3/t15-/m1/s1. The van der Waals surface area contributed by atoms with Crippen LogP contribution >= 0.6 is 11.8 Å². The molecule has 27 heavy (non-hydrogen) atoms. The van der Waals surface area contributed by atoms with Gasteiger partial charge in [-0.2, -0.15) is 4.31 Å². The van der Waals surface area contributed by atoms with Crippen LogP contribution in [0.25, 0.3) is 0 Å². The molecule has 0 spiro atoms. The fourth-order valence-corrected chi connectivity index (χ4v) is 5.31. The minimum absolute atomic E-state index is 0.0407. The maximum Gasteiger partial charge on any atom is 0.243 e. The number of hydrogen-bond donors (Lipinski definition) is 0. The zero-order chi connectivity index (χ0) is 19.4. The highest BCUT2D eigenvalue weighted by Gasteiger charge is 2.31. The predicted octanol–water partition coefficient (Wildman–Crippen LogP) is 2.84. The number of rotatable bonds is 5. The lowest BCUT2D eigenvalue weighted by Crippen LogP contribution is -2.52. The Balaban J connectivity index is 1.58. The van der Waals surface area contributed by atoms with Gasteiger partial charge in [0.15, 0.2) is 0 Å². The van der Waals surface area contributed by atoms with Crippen LogP contribution < -0.4 is 0 Å². The zero-order valence-corrected chi connectivity index (χ0v) is 16.5. The molecule has 1 aliphatic rings. The number of piperazine rings is 1. The van der Waals surface area contributed by atoms with Gasteiger partial charge in [0, 0.05) is 31.1 Å². The van der Waals surface area contributed by atoms with E-state index in [2.05, 4.69) is 0 Å². The van der Waals surface area contributed by atoms with Crippen molar-refractivity contribution in [1.82, 2.24) is 9.21 Å². The predicted molar refractivity (Wildman–Crippen MR) is 103 cm³/mol. The maximum absolute atomic E-state index is 13.0. The molecule has 144 valence electrons. The largest absolute Gasteiger partial charge is 0.339 e. The van der Waals surface area contributed by atoms with Crippen LogP contribution in [0.4, 0.5) is 4.39 Å². The van der Waals surface area contributed by atoms with Crippen molar-refractivity contribution in [2.75, 3.05) is 26.2 Å². The zero-order valence-electron chi connectivity index (χ0n) is 14.9. The first-order valence-electron chi connectivity index (χ1n) is 8.64. The second kappa shape index (κ2) is 8.41. The third kappa shape index (κ3) is 4.69. The molecule has 0 bridgehead atoms. The second-order valence-electron chi connectivity index (χ2n) is 6.26. The van der Waals surface area contributed by atoms with E-state index in [-0.39, 0.29) is 35.0 Å². The molecule has 1 aliphatic heterocycles. The number of nitrogens with zero attached hydrogens (tertiary/aromatic N) is 2. The van der Waals surface area contributed by atoms with Crippen LogP contribution in [0.3, 0.4) is 0 Å². The topological polar surface area (TPSA) is 57.7 Å². The Bertz CT molecular complexity index is 881. The Morgan fingerprint density at radius 3 is 2.19 bits per heavy atom. The van der Waals surface area contributed by atoms with Crippen LogP contribution in [0.1, 0.15) is 6.92 Å². The van der Waals surface area contributed by atoms with E-state index in [4.69, 9.17) is 0 Å². The molecule has 0 aliphatic carbocycles. The van der Waals surface area contributed by atoms with Crippen LogP contribution in [0.2, 0.25) is 0 Å². The molecular weight excluding hydrogens is 387 g/mol. The summed E-state index contributed by atoms with van der Waals surface area (Å²) in [5.74, 6) is -0.352. The summed E-state index contributed by atoms with van der Waals surface area (Å²) >= 11 is 1.37. The quantitative estimate of drug-likeness (QED) is 0.714. The minimum Gasteiger partial charge on any atom is -0.339 e. The summed E-state index contributed by atoms with van der Waals surface area (Å²) in [4.78, 5) is 15.4. The molecule has 1 heterocycles. The minimum atomic E-state index is -3.53. The highest BCUT2D eigenvalue weighted by atomic mass is 32.2. The molecule has 1 amide bonds. The lowest BCUT2D eigenvalue weighted by molar-refractivity contribution is -0.131. The average Bonchev–Trinajstić information content (AvgIpc) is 2.70. The smallest absolute Gasteiger partial charge is 0.243 e. The van der Waals surface area contributed by atoms with Crippen molar-refractivity contribution in [3.05, 3.63) is 60.4 Å². The summed E-state index contributed by atoms with van der Waals surface area (Å²) in [7, 11) is -3.53. The van der Waals surface area contributed by atoms with Gasteiger partial charge in [-0.25, -0.2) is 12.8 Å². The summed E-state index contributed by atoms with van der Waals surface area (Å²) in [5, 5.41) is -0.326. The van der Waals surface area contributed by atoms with Gasteiger partial charge in [0.1, 0.15) is 5.82 Å². The summed E-state index contributed by atoms with van der Waals surface area (Å²) in [6, 6.07) is 14.3. The van der Waals surface area contributed by atoms with E-state index in [9.17, 15) is 17.6 Å². The molecule has 0 unspecified atom stereocenters. The summed E-state index contributed by atoms with van der Waals surface area (Å²) in [6.45, 7) is 3.08. The first-order valence-corrected chi connectivity index (χ1v) is 11.0. The second-order valence-corrected chi connectivity index (χ2v) is 9.61. The third-order valence-electron chi connectivity index (χ3n) is 4.41. The van der Waals surface area contributed by atoms with Gasteiger partial charge in [0.25, 0.3) is 0 Å². The van der Waals surface area contributed by atoms with Crippen molar-refractivity contribution in [1.29, 1.82) is 0 Å². The molecule has 1 atom stereocenters. The maximum atomic E-state index is 13.0. The van der Waals surface area contributed by atoms with Crippen LogP contribution in [0, 0.1) is 5.82 Å². The summed E-state index contributed by atoms with van der Waals surface area (Å²) in [5.41, 5.74) is 0. The fraction of sp³-hybridized carbons (Fsp3) is 0.316. The van der Waals surface area contributed by atoms with Gasteiger partial charge in [0.05, 0.1) is 10.1 Å². The van der Waals surface area contributed by atoms with Crippen molar-refractivity contribution in [3.8, 4) is 0 Å². The van der Waals surface area contributed by atoms with Gasteiger partial charge in [-0.05, 0) is 43.3 Å². The fourth-order valence-electron chi connectivity index (χ4n) is 2.92. The Morgan fingerprint density at radius 2 is 1.59 bits per heavy atom. The molecule has 0 saturated carbocycles. The van der Waals surface area contributed by atoms with Gasteiger partial charge in [0.2, 0.25) is 15.9 Å². The SMILES string of the molecule is C[C@@H](Sc1ccc(F)cc1)C(=O)N1CCN(S(=O)(=O)c2ccccc2)CC1. The molecule has 1 saturated heterocycles. The first kappa shape index (κ1) is 19.9. The van der Waals surface area contributed by atoms with E-state index in [0.29, 0.717) is 13.1 Å². The molecule has 0 aromatic heterocycles. The van der Waals surface area contributed by atoms with E-state index in [0.717, 1.165) is 4.90 Å². The average molecular weight is 409 g/mol. The van der Waals surface area contributed by atoms with Gasteiger partial charge in [-0.3, -0.25) is 4.79 Å². The summed E-state index contributed by atoms with van der Waals surface area (Å²) < 4.78 is 39.7. The number of hydrogen-bond acceptors (Lipinski definition) is 4. The molecule has 2 aromatic carbocycles. The highest BCUT2D eigenvalue weighted by Crippen LogP contribution is 2.25. The Kier molecular flexibility index (Phi) is 6.18.